The number of nitrogens with zero attached hydrogens (tertiary/aromatic N) is 1. The Morgan fingerprint density at radius 2 is 2.07 bits per heavy atom. The molecule has 0 saturated heterocycles. The molecule has 0 aliphatic heterocycles. The van der Waals surface area contributed by atoms with Crippen molar-refractivity contribution in [1.82, 2.24) is 0 Å². The van der Waals surface area contributed by atoms with Crippen molar-refractivity contribution in [2.75, 3.05) is 0 Å². The molecular formula is C11H9NO2S. The second-order valence-electron chi connectivity index (χ2n) is 2.87. The van der Waals surface area contributed by atoms with Crippen molar-refractivity contribution in [3.8, 4) is 5.75 Å². The normalized spacial score (nSPS) is 8.87. The zero-order chi connectivity index (χ0) is 11.3. The number of carbonyl (C=O) groups is 1. The molecule has 0 aliphatic rings. The standard InChI is InChI=1S/C11H9NO2S/c1-8(2)11(13)14-10-5-3-9(4-6-10)12-7-15/h3-6H,1H2,2H3. The van der Waals surface area contributed by atoms with Gasteiger partial charge in [0.05, 0.1) is 10.8 Å². The number of carbonyl (C=O) groups excluding carboxylic acids is 1. The van der Waals surface area contributed by atoms with E-state index in [1.165, 1.54) is 0 Å². The second-order valence-corrected chi connectivity index (χ2v) is 3.05. The van der Waals surface area contributed by atoms with Gasteiger partial charge in [0.2, 0.25) is 0 Å². The largest absolute Gasteiger partial charge is 0.423 e. The lowest BCUT2D eigenvalue weighted by Crippen LogP contribution is -2.07. The van der Waals surface area contributed by atoms with Crippen molar-refractivity contribution < 1.29 is 9.53 Å². The van der Waals surface area contributed by atoms with Gasteiger partial charge >= 0.3 is 5.97 Å². The molecule has 0 fully saturated rings. The Morgan fingerprint density at radius 3 is 2.53 bits per heavy atom. The van der Waals surface area contributed by atoms with Crippen molar-refractivity contribution in [1.29, 1.82) is 0 Å². The summed E-state index contributed by atoms with van der Waals surface area (Å²) in [6, 6.07) is 6.62. The highest BCUT2D eigenvalue weighted by Crippen LogP contribution is 2.18. The van der Waals surface area contributed by atoms with Crippen LogP contribution in [0.15, 0.2) is 41.4 Å². The number of hydrogen-bond acceptors (Lipinski definition) is 4. The van der Waals surface area contributed by atoms with Crippen LogP contribution in [0.3, 0.4) is 0 Å². The molecule has 0 aliphatic carbocycles. The number of rotatable bonds is 3. The van der Waals surface area contributed by atoms with Gasteiger partial charge in [-0.3, -0.25) is 0 Å². The Hall–Kier alpha value is -1.77. The van der Waals surface area contributed by atoms with E-state index < -0.39 is 5.97 Å². The maximum absolute atomic E-state index is 11.1. The van der Waals surface area contributed by atoms with Crippen LogP contribution in [0.2, 0.25) is 0 Å². The molecular weight excluding hydrogens is 210 g/mol. The van der Waals surface area contributed by atoms with Gasteiger partial charge in [-0.25, -0.2) is 4.79 Å². The molecule has 0 unspecified atom stereocenters. The Morgan fingerprint density at radius 1 is 1.47 bits per heavy atom. The van der Waals surface area contributed by atoms with Crippen molar-refractivity contribution in [2.45, 2.75) is 6.92 Å². The average Bonchev–Trinajstić information content (AvgIpc) is 2.21. The van der Waals surface area contributed by atoms with Crippen molar-refractivity contribution in [3.05, 3.63) is 36.4 Å². The first kappa shape index (κ1) is 11.3. The lowest BCUT2D eigenvalue weighted by Gasteiger charge is -2.02. The molecule has 76 valence electrons. The number of esters is 1. The lowest BCUT2D eigenvalue weighted by atomic mass is 10.3. The van der Waals surface area contributed by atoms with E-state index in [1.807, 2.05) is 0 Å². The van der Waals surface area contributed by atoms with E-state index in [1.54, 1.807) is 31.2 Å². The summed E-state index contributed by atoms with van der Waals surface area (Å²) in [6.07, 6.45) is 0. The van der Waals surface area contributed by atoms with Gasteiger partial charge < -0.3 is 4.74 Å². The average molecular weight is 219 g/mol. The van der Waals surface area contributed by atoms with Crippen LogP contribution in [0.5, 0.6) is 5.75 Å². The summed E-state index contributed by atoms with van der Waals surface area (Å²) in [7, 11) is 0. The summed E-state index contributed by atoms with van der Waals surface area (Å²) in [4.78, 5) is 14.9. The molecule has 1 aromatic rings. The molecule has 0 aromatic heterocycles. The van der Waals surface area contributed by atoms with Gasteiger partial charge in [0.1, 0.15) is 5.75 Å². The number of benzene rings is 1. The number of ether oxygens (including phenoxy) is 1. The maximum Gasteiger partial charge on any atom is 0.338 e. The highest BCUT2D eigenvalue weighted by Gasteiger charge is 2.04. The van der Waals surface area contributed by atoms with Gasteiger partial charge in [0.25, 0.3) is 0 Å². The summed E-state index contributed by atoms with van der Waals surface area (Å²) in [5, 5.41) is 2.25. The fourth-order valence-electron chi connectivity index (χ4n) is 0.836. The summed E-state index contributed by atoms with van der Waals surface area (Å²) < 4.78 is 4.98. The van der Waals surface area contributed by atoms with Crippen LogP contribution in [-0.4, -0.2) is 11.1 Å². The van der Waals surface area contributed by atoms with E-state index in [0.717, 1.165) is 0 Å². The Balaban J connectivity index is 2.76. The van der Waals surface area contributed by atoms with Crippen LogP contribution in [-0.2, 0) is 4.79 Å². The van der Waals surface area contributed by atoms with E-state index in [4.69, 9.17) is 4.74 Å². The van der Waals surface area contributed by atoms with Gasteiger partial charge in [-0.2, -0.15) is 4.99 Å². The molecule has 1 aromatic carbocycles. The van der Waals surface area contributed by atoms with Crippen LogP contribution in [0.1, 0.15) is 6.92 Å². The monoisotopic (exact) mass is 219 g/mol. The number of isothiocyanates is 1. The number of hydrogen-bond donors (Lipinski definition) is 0. The maximum atomic E-state index is 11.1. The highest BCUT2D eigenvalue weighted by atomic mass is 32.1. The molecule has 0 bridgehead atoms. The summed E-state index contributed by atoms with van der Waals surface area (Å²) >= 11 is 4.46. The Labute approximate surface area is 93.1 Å². The van der Waals surface area contributed by atoms with Crippen LogP contribution >= 0.6 is 12.2 Å². The van der Waals surface area contributed by atoms with Crippen molar-refractivity contribution in [3.63, 3.8) is 0 Å². The summed E-state index contributed by atoms with van der Waals surface area (Å²) in [5.41, 5.74) is 1.02. The predicted molar refractivity (Wildman–Crippen MR) is 61.6 cm³/mol. The molecule has 0 heterocycles. The quantitative estimate of drug-likeness (QED) is 0.258. The minimum absolute atomic E-state index is 0.357. The highest BCUT2D eigenvalue weighted by molar-refractivity contribution is 7.78. The Bertz CT molecular complexity index is 430. The zero-order valence-corrected chi connectivity index (χ0v) is 9.00. The summed E-state index contributed by atoms with van der Waals surface area (Å²) in [5.74, 6) is 0.00685. The SMILES string of the molecule is C=C(C)C(=O)Oc1ccc(N=C=S)cc1. The first-order valence-electron chi connectivity index (χ1n) is 4.19. The minimum Gasteiger partial charge on any atom is -0.423 e. The van der Waals surface area contributed by atoms with Crippen LogP contribution in [0.4, 0.5) is 5.69 Å². The molecule has 3 nitrogen and oxygen atoms in total. The van der Waals surface area contributed by atoms with E-state index in [2.05, 4.69) is 29.0 Å². The molecule has 0 radical (unpaired) electrons. The van der Waals surface area contributed by atoms with Crippen molar-refractivity contribution in [2.24, 2.45) is 4.99 Å². The van der Waals surface area contributed by atoms with Gasteiger partial charge in [-0.15, -0.1) is 0 Å². The van der Waals surface area contributed by atoms with E-state index >= 15 is 0 Å². The fraction of sp³-hybridized carbons (Fsp3) is 0.0909. The zero-order valence-electron chi connectivity index (χ0n) is 8.19. The molecule has 0 atom stereocenters. The lowest BCUT2D eigenvalue weighted by molar-refractivity contribution is -0.130. The van der Waals surface area contributed by atoms with E-state index in [0.29, 0.717) is 17.0 Å². The predicted octanol–water partition coefficient (Wildman–Crippen LogP) is 2.90. The number of thiocarbonyl (C=S) groups is 1. The van der Waals surface area contributed by atoms with Gasteiger partial charge in [0, 0.05) is 5.57 Å². The van der Waals surface area contributed by atoms with Crippen molar-refractivity contribution >= 4 is 29.0 Å². The molecule has 1 rings (SSSR count). The molecule has 4 heteroatoms. The van der Waals surface area contributed by atoms with Gasteiger partial charge in [-0.05, 0) is 43.4 Å². The van der Waals surface area contributed by atoms with Crippen LogP contribution in [0.25, 0.3) is 0 Å². The minimum atomic E-state index is -0.443. The molecule has 0 saturated carbocycles. The second kappa shape index (κ2) is 5.20. The third-order valence-corrected chi connectivity index (χ3v) is 1.66. The fourth-order valence-corrected chi connectivity index (χ4v) is 0.941. The third-order valence-electron chi connectivity index (χ3n) is 1.57. The topological polar surface area (TPSA) is 38.7 Å². The molecule has 0 amide bonds. The molecule has 0 N–H and O–H groups in total. The Kier molecular flexibility index (Phi) is 3.92. The first-order valence-corrected chi connectivity index (χ1v) is 4.60. The first-order chi connectivity index (χ1) is 7.13. The summed E-state index contributed by atoms with van der Waals surface area (Å²) in [6.45, 7) is 5.07. The van der Waals surface area contributed by atoms with E-state index in [-0.39, 0.29) is 0 Å². The molecule has 15 heavy (non-hydrogen) atoms. The number of aliphatic imine (C=N–C) groups is 1. The van der Waals surface area contributed by atoms with Crippen LogP contribution < -0.4 is 4.74 Å². The van der Waals surface area contributed by atoms with Crippen LogP contribution in [0, 0.1) is 0 Å². The third kappa shape index (κ3) is 3.46. The van der Waals surface area contributed by atoms with Gasteiger partial charge in [0.15, 0.2) is 0 Å². The molecule has 0 spiro atoms. The smallest absolute Gasteiger partial charge is 0.338 e. The van der Waals surface area contributed by atoms with E-state index in [9.17, 15) is 4.79 Å². The van der Waals surface area contributed by atoms with Gasteiger partial charge in [-0.1, -0.05) is 6.58 Å².